The van der Waals surface area contributed by atoms with Crippen LogP contribution in [0.4, 0.5) is 10.6 Å². The number of hydrogen-bond acceptors (Lipinski definition) is 6. The molecule has 3 rings (SSSR count). The zero-order chi connectivity index (χ0) is 22.6. The van der Waals surface area contributed by atoms with E-state index in [9.17, 15) is 9.59 Å². The molecule has 1 aromatic heterocycles. The van der Waals surface area contributed by atoms with Crippen LogP contribution in [0.5, 0.6) is 0 Å². The van der Waals surface area contributed by atoms with Gasteiger partial charge < -0.3 is 19.3 Å². The molecule has 166 valence electrons. The highest BCUT2D eigenvalue weighted by molar-refractivity contribution is 6.33. The molecule has 0 N–H and O–H groups in total. The Hall–Kier alpha value is -2.51. The van der Waals surface area contributed by atoms with Crippen molar-refractivity contribution >= 4 is 41.1 Å². The Bertz CT molecular complexity index is 937. The number of ether oxygens (including phenoxy) is 2. The number of piperazine rings is 1. The summed E-state index contributed by atoms with van der Waals surface area (Å²) in [5, 5.41) is 0.972. The third-order valence-corrected chi connectivity index (χ3v) is 5.10. The molecule has 0 saturated carbocycles. The average molecular weight is 466 g/mol. The molecule has 0 spiro atoms. The molecule has 1 aromatic carbocycles. The molecule has 1 saturated heterocycles. The molecular weight excluding hydrogens is 441 g/mol. The molecule has 1 fully saturated rings. The second kappa shape index (κ2) is 9.75. The third kappa shape index (κ3) is 6.48. The zero-order valence-electron chi connectivity index (χ0n) is 17.7. The van der Waals surface area contributed by atoms with Crippen LogP contribution in [-0.4, -0.2) is 53.7 Å². The highest BCUT2D eigenvalue weighted by atomic mass is 35.5. The molecule has 9 heteroatoms. The Morgan fingerprint density at radius 2 is 1.71 bits per heavy atom. The van der Waals surface area contributed by atoms with Gasteiger partial charge in [-0.25, -0.2) is 14.6 Å². The van der Waals surface area contributed by atoms with Crippen LogP contribution in [0.1, 0.15) is 36.7 Å². The van der Waals surface area contributed by atoms with Crippen molar-refractivity contribution in [3.63, 3.8) is 0 Å². The minimum atomic E-state index is -0.531. The maximum Gasteiger partial charge on any atom is 0.410 e. The summed E-state index contributed by atoms with van der Waals surface area (Å²) >= 11 is 12.3. The number of benzene rings is 1. The van der Waals surface area contributed by atoms with Gasteiger partial charge in [0.25, 0.3) is 0 Å². The number of rotatable bonds is 4. The van der Waals surface area contributed by atoms with Gasteiger partial charge in [-0.15, -0.1) is 0 Å². The highest BCUT2D eigenvalue weighted by Crippen LogP contribution is 2.26. The van der Waals surface area contributed by atoms with Gasteiger partial charge in [-0.05, 0) is 44.5 Å². The van der Waals surface area contributed by atoms with Crippen LogP contribution in [0.3, 0.4) is 0 Å². The number of hydrogen-bond donors (Lipinski definition) is 0. The van der Waals surface area contributed by atoms with E-state index in [1.165, 1.54) is 6.20 Å². The first-order valence-electron chi connectivity index (χ1n) is 9.92. The van der Waals surface area contributed by atoms with Crippen LogP contribution in [-0.2, 0) is 16.1 Å². The van der Waals surface area contributed by atoms with Crippen molar-refractivity contribution in [3.05, 3.63) is 57.7 Å². The van der Waals surface area contributed by atoms with Crippen LogP contribution in [0, 0.1) is 0 Å². The number of halogens is 2. The van der Waals surface area contributed by atoms with Crippen molar-refractivity contribution in [1.82, 2.24) is 9.88 Å². The SMILES string of the molecule is CC(C)(C)OC(=O)N1CCN(c2ncc(C(=O)OCc3ccc(Cl)cc3)cc2Cl)CC1. The van der Waals surface area contributed by atoms with Crippen LogP contribution >= 0.6 is 23.2 Å². The fourth-order valence-corrected chi connectivity index (χ4v) is 3.43. The predicted molar refractivity (Wildman–Crippen MR) is 120 cm³/mol. The molecule has 7 nitrogen and oxygen atoms in total. The topological polar surface area (TPSA) is 72.0 Å². The van der Waals surface area contributed by atoms with Gasteiger partial charge in [0.15, 0.2) is 0 Å². The maximum absolute atomic E-state index is 12.3. The van der Waals surface area contributed by atoms with Crippen LogP contribution in [0.25, 0.3) is 0 Å². The lowest BCUT2D eigenvalue weighted by Gasteiger charge is -2.36. The zero-order valence-corrected chi connectivity index (χ0v) is 19.2. The third-order valence-electron chi connectivity index (χ3n) is 4.57. The molecule has 2 heterocycles. The minimum Gasteiger partial charge on any atom is -0.457 e. The molecule has 1 amide bonds. The van der Waals surface area contributed by atoms with E-state index in [0.717, 1.165) is 5.56 Å². The smallest absolute Gasteiger partial charge is 0.410 e. The quantitative estimate of drug-likeness (QED) is 0.603. The molecule has 1 aliphatic rings. The monoisotopic (exact) mass is 465 g/mol. The summed E-state index contributed by atoms with van der Waals surface area (Å²) in [4.78, 5) is 32.6. The van der Waals surface area contributed by atoms with Crippen molar-refractivity contribution in [2.24, 2.45) is 0 Å². The van der Waals surface area contributed by atoms with Gasteiger partial charge in [-0.1, -0.05) is 35.3 Å². The number of aromatic nitrogens is 1. The molecule has 0 aliphatic carbocycles. The maximum atomic E-state index is 12.3. The summed E-state index contributed by atoms with van der Waals surface area (Å²) in [6.07, 6.45) is 1.12. The van der Waals surface area contributed by atoms with Crippen molar-refractivity contribution in [1.29, 1.82) is 0 Å². The first-order valence-corrected chi connectivity index (χ1v) is 10.7. The summed E-state index contributed by atoms with van der Waals surface area (Å²) in [5.74, 6) is 0.0606. The van der Waals surface area contributed by atoms with E-state index < -0.39 is 11.6 Å². The lowest BCUT2D eigenvalue weighted by molar-refractivity contribution is 0.0240. The Kier molecular flexibility index (Phi) is 7.28. The van der Waals surface area contributed by atoms with Crippen LogP contribution in [0.15, 0.2) is 36.5 Å². The van der Waals surface area contributed by atoms with Gasteiger partial charge >= 0.3 is 12.1 Å². The Morgan fingerprint density at radius 1 is 1.06 bits per heavy atom. The first kappa shape index (κ1) is 23.2. The number of pyridine rings is 1. The summed E-state index contributed by atoms with van der Waals surface area (Å²) < 4.78 is 10.7. The molecule has 0 bridgehead atoms. The number of esters is 1. The molecule has 1 aliphatic heterocycles. The average Bonchev–Trinajstić information content (AvgIpc) is 2.72. The van der Waals surface area contributed by atoms with Crippen molar-refractivity contribution in [2.45, 2.75) is 33.0 Å². The predicted octanol–water partition coefficient (Wildman–Crippen LogP) is 4.80. The second-order valence-corrected chi connectivity index (χ2v) is 9.03. The number of carbonyl (C=O) groups is 2. The Morgan fingerprint density at radius 3 is 2.29 bits per heavy atom. The van der Waals surface area contributed by atoms with Crippen molar-refractivity contribution < 1.29 is 19.1 Å². The molecule has 0 radical (unpaired) electrons. The summed E-state index contributed by atoms with van der Waals surface area (Å²) in [5.41, 5.74) is 0.572. The lowest BCUT2D eigenvalue weighted by Crippen LogP contribution is -2.50. The number of nitrogens with zero attached hydrogens (tertiary/aromatic N) is 3. The van der Waals surface area contributed by atoms with Gasteiger partial charge in [0, 0.05) is 37.4 Å². The van der Waals surface area contributed by atoms with E-state index >= 15 is 0 Å². The Labute approximate surface area is 191 Å². The molecular formula is C22H25Cl2N3O4. The van der Waals surface area contributed by atoms with E-state index in [4.69, 9.17) is 32.7 Å². The number of amides is 1. The van der Waals surface area contributed by atoms with Gasteiger partial charge in [0.1, 0.15) is 18.0 Å². The lowest BCUT2D eigenvalue weighted by atomic mass is 10.2. The summed E-state index contributed by atoms with van der Waals surface area (Å²) in [6, 6.07) is 8.61. The molecule has 0 atom stereocenters. The number of carbonyl (C=O) groups excluding carboxylic acids is 2. The van der Waals surface area contributed by atoms with Crippen molar-refractivity contribution in [3.8, 4) is 0 Å². The van der Waals surface area contributed by atoms with E-state index in [-0.39, 0.29) is 18.3 Å². The Balaban J connectivity index is 1.56. The second-order valence-electron chi connectivity index (χ2n) is 8.19. The van der Waals surface area contributed by atoms with E-state index in [0.29, 0.717) is 42.0 Å². The van der Waals surface area contributed by atoms with Gasteiger partial charge in [0.05, 0.1) is 10.6 Å². The van der Waals surface area contributed by atoms with E-state index in [1.54, 1.807) is 35.2 Å². The van der Waals surface area contributed by atoms with E-state index in [1.807, 2.05) is 25.7 Å². The molecule has 2 aromatic rings. The fourth-order valence-electron chi connectivity index (χ4n) is 3.02. The largest absolute Gasteiger partial charge is 0.457 e. The van der Waals surface area contributed by atoms with E-state index in [2.05, 4.69) is 4.98 Å². The minimum absolute atomic E-state index is 0.127. The van der Waals surface area contributed by atoms with Gasteiger partial charge in [-0.3, -0.25) is 0 Å². The van der Waals surface area contributed by atoms with Crippen molar-refractivity contribution in [2.75, 3.05) is 31.1 Å². The normalized spacial score (nSPS) is 14.4. The molecule has 0 unspecified atom stereocenters. The van der Waals surface area contributed by atoms with Gasteiger partial charge in [-0.2, -0.15) is 0 Å². The first-order chi connectivity index (χ1) is 14.6. The highest BCUT2D eigenvalue weighted by Gasteiger charge is 2.27. The van der Waals surface area contributed by atoms with Crippen LogP contribution < -0.4 is 4.90 Å². The number of anilines is 1. The van der Waals surface area contributed by atoms with Gasteiger partial charge in [0.2, 0.25) is 0 Å². The standard InChI is InChI=1S/C22H25Cl2N3O4/c1-22(2,3)31-21(29)27-10-8-26(9-11-27)19-18(24)12-16(13-25-19)20(28)30-14-15-4-6-17(23)7-5-15/h4-7,12-13H,8-11,14H2,1-3H3. The molecule has 31 heavy (non-hydrogen) atoms. The van der Waals surface area contributed by atoms with Crippen LogP contribution in [0.2, 0.25) is 10.0 Å². The summed E-state index contributed by atoms with van der Waals surface area (Å²) in [7, 11) is 0. The summed E-state index contributed by atoms with van der Waals surface area (Å²) in [6.45, 7) is 7.77. The fraction of sp³-hybridized carbons (Fsp3) is 0.409.